The molecule has 1 aliphatic rings. The van der Waals surface area contributed by atoms with Gasteiger partial charge in [0, 0.05) is 16.4 Å². The second-order valence-corrected chi connectivity index (χ2v) is 6.79. The molecule has 3 nitrogen and oxygen atoms in total. The standard InChI is InChI=1S/C13H19NO2S2/c1-16-13(15)7-10-8-18-12(14-10)9-17-11-5-3-2-4-6-11/h8,11H,2-7,9H2,1H3. The number of esters is 1. The average Bonchev–Trinajstić information content (AvgIpc) is 2.85. The molecule has 0 amide bonds. The van der Waals surface area contributed by atoms with Crippen molar-refractivity contribution in [2.75, 3.05) is 7.11 Å². The molecule has 0 aliphatic heterocycles. The average molecular weight is 285 g/mol. The van der Waals surface area contributed by atoms with Gasteiger partial charge in [0.05, 0.1) is 19.2 Å². The van der Waals surface area contributed by atoms with Crippen molar-refractivity contribution in [1.82, 2.24) is 4.98 Å². The summed E-state index contributed by atoms with van der Waals surface area (Å²) in [5.74, 6) is 0.767. The van der Waals surface area contributed by atoms with Gasteiger partial charge in [-0.1, -0.05) is 19.3 Å². The number of carbonyl (C=O) groups is 1. The van der Waals surface area contributed by atoms with Crippen LogP contribution in [-0.2, 0) is 21.7 Å². The van der Waals surface area contributed by atoms with E-state index in [1.54, 1.807) is 11.3 Å². The van der Waals surface area contributed by atoms with Crippen LogP contribution in [0.15, 0.2) is 5.38 Å². The number of thioether (sulfide) groups is 1. The van der Waals surface area contributed by atoms with Crippen molar-refractivity contribution >= 4 is 29.1 Å². The van der Waals surface area contributed by atoms with Crippen LogP contribution in [0.1, 0.15) is 42.8 Å². The molecule has 100 valence electrons. The normalized spacial score (nSPS) is 16.7. The molecule has 1 aromatic rings. The molecule has 0 atom stereocenters. The Morgan fingerprint density at radius 1 is 1.50 bits per heavy atom. The van der Waals surface area contributed by atoms with E-state index in [1.807, 2.05) is 17.1 Å². The molecule has 0 unspecified atom stereocenters. The largest absolute Gasteiger partial charge is 0.469 e. The second-order valence-electron chi connectivity index (χ2n) is 4.56. The maximum absolute atomic E-state index is 11.1. The SMILES string of the molecule is COC(=O)Cc1csc(CSC2CCCCC2)n1. The molecule has 0 radical (unpaired) electrons. The van der Waals surface area contributed by atoms with Crippen LogP contribution >= 0.6 is 23.1 Å². The first-order valence-corrected chi connectivity index (χ1v) is 8.32. The van der Waals surface area contributed by atoms with Crippen LogP contribution in [-0.4, -0.2) is 23.3 Å². The van der Waals surface area contributed by atoms with E-state index in [1.165, 1.54) is 39.2 Å². The van der Waals surface area contributed by atoms with E-state index in [0.717, 1.165) is 21.7 Å². The van der Waals surface area contributed by atoms with Crippen LogP contribution in [0, 0.1) is 0 Å². The number of hydrogen-bond donors (Lipinski definition) is 0. The molecule has 5 heteroatoms. The summed E-state index contributed by atoms with van der Waals surface area (Å²) in [5.41, 5.74) is 0.839. The maximum Gasteiger partial charge on any atom is 0.311 e. The molecule has 1 aliphatic carbocycles. The molecular formula is C13H19NO2S2. The number of carbonyl (C=O) groups excluding carboxylic acids is 1. The van der Waals surface area contributed by atoms with Crippen LogP contribution < -0.4 is 0 Å². The summed E-state index contributed by atoms with van der Waals surface area (Å²) in [6.07, 6.45) is 7.15. The molecule has 1 fully saturated rings. The van der Waals surface area contributed by atoms with E-state index < -0.39 is 0 Å². The van der Waals surface area contributed by atoms with E-state index in [4.69, 9.17) is 0 Å². The minimum Gasteiger partial charge on any atom is -0.469 e. The van der Waals surface area contributed by atoms with Crippen molar-refractivity contribution in [1.29, 1.82) is 0 Å². The smallest absolute Gasteiger partial charge is 0.311 e. The van der Waals surface area contributed by atoms with Gasteiger partial charge in [-0.15, -0.1) is 11.3 Å². The molecule has 0 aromatic carbocycles. The van der Waals surface area contributed by atoms with Gasteiger partial charge < -0.3 is 4.74 Å². The third kappa shape index (κ3) is 4.28. The highest BCUT2D eigenvalue weighted by molar-refractivity contribution is 7.99. The van der Waals surface area contributed by atoms with Gasteiger partial charge in [-0.05, 0) is 12.8 Å². The van der Waals surface area contributed by atoms with Gasteiger partial charge in [-0.2, -0.15) is 11.8 Å². The molecular weight excluding hydrogens is 266 g/mol. The predicted molar refractivity (Wildman–Crippen MR) is 76.0 cm³/mol. The summed E-state index contributed by atoms with van der Waals surface area (Å²) in [5, 5.41) is 3.91. The van der Waals surface area contributed by atoms with Crippen molar-refractivity contribution in [3.63, 3.8) is 0 Å². The van der Waals surface area contributed by atoms with Crippen LogP contribution in [0.4, 0.5) is 0 Å². The summed E-state index contributed by atoms with van der Waals surface area (Å²) in [6, 6.07) is 0. The fourth-order valence-electron chi connectivity index (χ4n) is 2.14. The van der Waals surface area contributed by atoms with E-state index in [0.29, 0.717) is 6.42 Å². The third-order valence-electron chi connectivity index (χ3n) is 3.15. The van der Waals surface area contributed by atoms with Crippen molar-refractivity contribution < 1.29 is 9.53 Å². The molecule has 0 spiro atoms. The topological polar surface area (TPSA) is 39.2 Å². The molecule has 1 saturated carbocycles. The van der Waals surface area contributed by atoms with Crippen LogP contribution in [0.3, 0.4) is 0 Å². The number of hydrogen-bond acceptors (Lipinski definition) is 5. The van der Waals surface area contributed by atoms with Crippen molar-refractivity contribution in [2.45, 2.75) is 49.5 Å². The monoisotopic (exact) mass is 285 g/mol. The molecule has 1 aromatic heterocycles. The Labute approximate surface area is 116 Å². The van der Waals surface area contributed by atoms with Gasteiger partial charge in [0.25, 0.3) is 0 Å². The lowest BCUT2D eigenvalue weighted by Gasteiger charge is -2.20. The predicted octanol–water partition coefficient (Wildman–Crippen LogP) is 3.42. The van der Waals surface area contributed by atoms with Gasteiger partial charge >= 0.3 is 5.97 Å². The first-order valence-electron chi connectivity index (χ1n) is 6.39. The van der Waals surface area contributed by atoms with Crippen molar-refractivity contribution in [3.8, 4) is 0 Å². The lowest BCUT2D eigenvalue weighted by Crippen LogP contribution is -2.08. The second kappa shape index (κ2) is 7.14. The van der Waals surface area contributed by atoms with E-state index in [-0.39, 0.29) is 5.97 Å². The Kier molecular flexibility index (Phi) is 5.50. The zero-order valence-electron chi connectivity index (χ0n) is 10.7. The maximum atomic E-state index is 11.1. The van der Waals surface area contributed by atoms with E-state index >= 15 is 0 Å². The molecule has 18 heavy (non-hydrogen) atoms. The molecule has 0 N–H and O–H groups in total. The fraction of sp³-hybridized carbons (Fsp3) is 0.692. The lowest BCUT2D eigenvalue weighted by molar-refractivity contribution is -0.139. The number of methoxy groups -OCH3 is 1. The summed E-state index contributed by atoms with van der Waals surface area (Å²) in [6.45, 7) is 0. The molecule has 0 bridgehead atoms. The van der Waals surface area contributed by atoms with Crippen LogP contribution in [0.2, 0.25) is 0 Å². The zero-order valence-corrected chi connectivity index (χ0v) is 12.3. The Morgan fingerprint density at radius 3 is 3.00 bits per heavy atom. The minimum atomic E-state index is -0.216. The summed E-state index contributed by atoms with van der Waals surface area (Å²) in [4.78, 5) is 15.6. The quantitative estimate of drug-likeness (QED) is 0.777. The lowest BCUT2D eigenvalue weighted by atomic mass is 10.0. The Bertz CT molecular complexity index is 386. The Balaban J connectivity index is 1.77. The van der Waals surface area contributed by atoms with E-state index in [9.17, 15) is 4.79 Å². The number of thiazole rings is 1. The third-order valence-corrected chi connectivity index (χ3v) is 5.61. The highest BCUT2D eigenvalue weighted by atomic mass is 32.2. The number of ether oxygens (including phenoxy) is 1. The summed E-state index contributed by atoms with van der Waals surface area (Å²) < 4.78 is 4.64. The van der Waals surface area contributed by atoms with Crippen molar-refractivity contribution in [2.24, 2.45) is 0 Å². The Morgan fingerprint density at radius 2 is 2.28 bits per heavy atom. The van der Waals surface area contributed by atoms with Crippen LogP contribution in [0.25, 0.3) is 0 Å². The molecule has 1 heterocycles. The summed E-state index contributed by atoms with van der Waals surface area (Å²) >= 11 is 3.67. The minimum absolute atomic E-state index is 0.216. The van der Waals surface area contributed by atoms with Gasteiger partial charge in [0.2, 0.25) is 0 Å². The number of rotatable bonds is 5. The molecule has 0 saturated heterocycles. The summed E-state index contributed by atoms with van der Waals surface area (Å²) in [7, 11) is 1.41. The van der Waals surface area contributed by atoms with Gasteiger partial charge in [-0.3, -0.25) is 4.79 Å². The molecule has 2 rings (SSSR count). The number of nitrogens with zero attached hydrogens (tertiary/aromatic N) is 1. The number of aromatic nitrogens is 1. The van der Waals surface area contributed by atoms with Crippen LogP contribution in [0.5, 0.6) is 0 Å². The van der Waals surface area contributed by atoms with Gasteiger partial charge in [0.1, 0.15) is 5.01 Å². The van der Waals surface area contributed by atoms with E-state index in [2.05, 4.69) is 9.72 Å². The van der Waals surface area contributed by atoms with Gasteiger partial charge in [-0.25, -0.2) is 4.98 Å². The highest BCUT2D eigenvalue weighted by Crippen LogP contribution is 2.31. The van der Waals surface area contributed by atoms with Gasteiger partial charge in [0.15, 0.2) is 0 Å². The zero-order chi connectivity index (χ0) is 12.8. The highest BCUT2D eigenvalue weighted by Gasteiger charge is 2.15. The first kappa shape index (κ1) is 13.9. The Hall–Kier alpha value is -0.550. The fourth-order valence-corrected chi connectivity index (χ4v) is 4.30. The first-order chi connectivity index (χ1) is 8.78. The van der Waals surface area contributed by atoms with Crippen molar-refractivity contribution in [3.05, 3.63) is 16.1 Å².